The van der Waals surface area contributed by atoms with Crippen LogP contribution in [0.1, 0.15) is 37.7 Å². The Morgan fingerprint density at radius 3 is 2.62 bits per heavy atom. The summed E-state index contributed by atoms with van der Waals surface area (Å²) < 4.78 is 5.07. The van der Waals surface area contributed by atoms with Gasteiger partial charge in [0.05, 0.1) is 5.92 Å². The van der Waals surface area contributed by atoms with Gasteiger partial charge in [-0.05, 0) is 39.3 Å². The van der Waals surface area contributed by atoms with Crippen LogP contribution in [0.4, 0.5) is 4.79 Å². The molecule has 0 bridgehead atoms. The number of amides is 3. The summed E-state index contributed by atoms with van der Waals surface area (Å²) in [4.78, 5) is 42.1. The molecule has 1 fully saturated rings. The molecular formula is C16H22N4O4. The zero-order chi connectivity index (χ0) is 17.9. The molecule has 0 radical (unpaired) electrons. The van der Waals surface area contributed by atoms with Crippen molar-refractivity contribution in [1.82, 2.24) is 14.9 Å². The number of likely N-dealkylation sites (tertiary alicyclic amines) is 1. The Hall–Kier alpha value is -2.48. The lowest BCUT2D eigenvalue weighted by molar-refractivity contribution is -0.134. The van der Waals surface area contributed by atoms with Crippen molar-refractivity contribution in [2.75, 3.05) is 13.1 Å². The number of rotatable bonds is 2. The summed E-state index contributed by atoms with van der Waals surface area (Å²) >= 11 is 0. The van der Waals surface area contributed by atoms with Gasteiger partial charge in [0.25, 0.3) is 11.8 Å². The van der Waals surface area contributed by atoms with Crippen LogP contribution in [0.3, 0.4) is 0 Å². The third-order valence-corrected chi connectivity index (χ3v) is 3.54. The predicted octanol–water partition coefficient (Wildman–Crippen LogP) is 1.18. The van der Waals surface area contributed by atoms with Gasteiger partial charge in [0.2, 0.25) is 0 Å². The van der Waals surface area contributed by atoms with Crippen molar-refractivity contribution >= 4 is 17.9 Å². The van der Waals surface area contributed by atoms with E-state index in [-0.39, 0.29) is 12.5 Å². The second kappa shape index (κ2) is 6.96. The first-order valence-electron chi connectivity index (χ1n) is 7.71. The predicted molar refractivity (Wildman–Crippen MR) is 85.5 cm³/mol. The van der Waals surface area contributed by atoms with Crippen molar-refractivity contribution in [3.8, 4) is 0 Å². The number of hydrogen-bond acceptors (Lipinski definition) is 6. The lowest BCUT2D eigenvalue weighted by Gasteiger charge is -2.24. The molecule has 1 atom stereocenters. The third kappa shape index (κ3) is 4.29. The van der Waals surface area contributed by atoms with Gasteiger partial charge < -0.3 is 9.64 Å². The Kier molecular flexibility index (Phi) is 5.18. The van der Waals surface area contributed by atoms with Crippen molar-refractivity contribution in [2.24, 2.45) is 11.8 Å². The fourth-order valence-electron chi connectivity index (χ4n) is 2.40. The fraction of sp³-hybridized carbons (Fsp3) is 0.500. The molecule has 24 heavy (non-hydrogen) atoms. The van der Waals surface area contributed by atoms with Gasteiger partial charge in [-0.1, -0.05) is 6.07 Å². The number of hydrazine groups is 1. The summed E-state index contributed by atoms with van der Waals surface area (Å²) in [6, 6.07) is 5.07. The van der Waals surface area contributed by atoms with Gasteiger partial charge in [-0.15, -0.1) is 0 Å². The summed E-state index contributed by atoms with van der Waals surface area (Å²) in [7, 11) is 0. The SMILES string of the molecule is CC(C)(C)OC(=O)N(N)C(=O)C1CCN(C(=O)c2ccccn2)C1. The van der Waals surface area contributed by atoms with E-state index in [1.807, 2.05) is 0 Å². The van der Waals surface area contributed by atoms with E-state index in [0.717, 1.165) is 0 Å². The van der Waals surface area contributed by atoms with E-state index in [0.29, 0.717) is 23.7 Å². The van der Waals surface area contributed by atoms with Gasteiger partial charge in [0.1, 0.15) is 11.3 Å². The number of pyridine rings is 1. The molecule has 1 aliphatic heterocycles. The zero-order valence-electron chi connectivity index (χ0n) is 14.1. The van der Waals surface area contributed by atoms with E-state index in [2.05, 4.69) is 4.98 Å². The fourth-order valence-corrected chi connectivity index (χ4v) is 2.40. The number of imide groups is 1. The van der Waals surface area contributed by atoms with Gasteiger partial charge in [0.15, 0.2) is 0 Å². The van der Waals surface area contributed by atoms with E-state index in [1.165, 1.54) is 11.1 Å². The van der Waals surface area contributed by atoms with Crippen molar-refractivity contribution in [1.29, 1.82) is 0 Å². The number of carbonyl (C=O) groups is 3. The molecule has 8 heteroatoms. The number of nitrogens with zero attached hydrogens (tertiary/aromatic N) is 3. The summed E-state index contributed by atoms with van der Waals surface area (Å²) in [6.07, 6.45) is 1.08. The van der Waals surface area contributed by atoms with Crippen molar-refractivity contribution in [3.63, 3.8) is 0 Å². The second-order valence-corrected chi connectivity index (χ2v) is 6.64. The summed E-state index contributed by atoms with van der Waals surface area (Å²) in [5, 5.41) is 0.491. The van der Waals surface area contributed by atoms with E-state index in [9.17, 15) is 14.4 Å². The molecule has 1 aliphatic rings. The Balaban J connectivity index is 1.96. The minimum Gasteiger partial charge on any atom is -0.442 e. The Bertz CT molecular complexity index is 627. The van der Waals surface area contributed by atoms with Gasteiger partial charge >= 0.3 is 6.09 Å². The summed E-state index contributed by atoms with van der Waals surface area (Å²) in [5.74, 6) is 4.24. The number of ether oxygens (including phenoxy) is 1. The molecule has 1 aromatic heterocycles. The van der Waals surface area contributed by atoms with Crippen molar-refractivity contribution in [2.45, 2.75) is 32.8 Å². The molecule has 8 nitrogen and oxygen atoms in total. The second-order valence-electron chi connectivity index (χ2n) is 6.64. The van der Waals surface area contributed by atoms with Crippen molar-refractivity contribution in [3.05, 3.63) is 30.1 Å². The van der Waals surface area contributed by atoms with Gasteiger partial charge in [0, 0.05) is 19.3 Å². The first kappa shape index (κ1) is 17.9. The quantitative estimate of drug-likeness (QED) is 0.494. The molecule has 3 amide bonds. The zero-order valence-corrected chi connectivity index (χ0v) is 14.1. The van der Waals surface area contributed by atoms with E-state index < -0.39 is 23.5 Å². The largest absolute Gasteiger partial charge is 0.442 e. The van der Waals surface area contributed by atoms with Crippen LogP contribution in [0.15, 0.2) is 24.4 Å². The summed E-state index contributed by atoms with van der Waals surface area (Å²) in [5.41, 5.74) is -0.423. The molecule has 0 aromatic carbocycles. The lowest BCUT2D eigenvalue weighted by Crippen LogP contribution is -2.48. The molecule has 0 saturated carbocycles. The number of aromatic nitrogens is 1. The average Bonchev–Trinajstić information content (AvgIpc) is 3.01. The Morgan fingerprint density at radius 2 is 2.04 bits per heavy atom. The first-order chi connectivity index (χ1) is 11.2. The molecule has 2 heterocycles. The highest BCUT2D eigenvalue weighted by molar-refractivity contribution is 5.95. The van der Waals surface area contributed by atoms with Crippen LogP contribution in [0, 0.1) is 5.92 Å². The van der Waals surface area contributed by atoms with E-state index in [1.54, 1.807) is 39.0 Å². The average molecular weight is 334 g/mol. The summed E-state index contributed by atoms with van der Waals surface area (Å²) in [6.45, 7) is 5.67. The highest BCUT2D eigenvalue weighted by Crippen LogP contribution is 2.20. The van der Waals surface area contributed by atoms with E-state index >= 15 is 0 Å². The maximum Gasteiger partial charge on any atom is 0.431 e. The number of hydrogen-bond donors (Lipinski definition) is 1. The standard InChI is InChI=1S/C16H22N4O4/c1-16(2,3)24-15(23)20(17)13(21)11-7-9-19(10-11)14(22)12-6-4-5-8-18-12/h4-6,8,11H,7,9-10,17H2,1-3H3. The molecule has 1 saturated heterocycles. The van der Waals surface area contributed by atoms with Gasteiger partial charge in [-0.3, -0.25) is 14.6 Å². The van der Waals surface area contributed by atoms with Gasteiger partial charge in [-0.25, -0.2) is 10.6 Å². The molecule has 0 aliphatic carbocycles. The van der Waals surface area contributed by atoms with Crippen LogP contribution < -0.4 is 5.84 Å². The van der Waals surface area contributed by atoms with Crippen LogP contribution in [0.5, 0.6) is 0 Å². The third-order valence-electron chi connectivity index (χ3n) is 3.54. The van der Waals surface area contributed by atoms with Crippen molar-refractivity contribution < 1.29 is 19.1 Å². The molecule has 2 rings (SSSR count). The van der Waals surface area contributed by atoms with Crippen LogP contribution in [0.25, 0.3) is 0 Å². The van der Waals surface area contributed by atoms with E-state index in [4.69, 9.17) is 10.6 Å². The van der Waals surface area contributed by atoms with Crippen LogP contribution in [0.2, 0.25) is 0 Å². The van der Waals surface area contributed by atoms with Crippen LogP contribution in [-0.4, -0.2) is 51.5 Å². The van der Waals surface area contributed by atoms with Crippen LogP contribution >= 0.6 is 0 Å². The topological polar surface area (TPSA) is 106 Å². The molecule has 0 spiro atoms. The minimum atomic E-state index is -0.901. The highest BCUT2D eigenvalue weighted by atomic mass is 16.6. The maximum atomic E-state index is 12.3. The highest BCUT2D eigenvalue weighted by Gasteiger charge is 2.36. The minimum absolute atomic E-state index is 0.199. The monoisotopic (exact) mass is 334 g/mol. The number of carbonyl (C=O) groups excluding carboxylic acids is 3. The molecule has 1 aromatic rings. The Morgan fingerprint density at radius 1 is 1.33 bits per heavy atom. The molecule has 130 valence electrons. The molecule has 2 N–H and O–H groups in total. The molecular weight excluding hydrogens is 312 g/mol. The Labute approximate surface area is 140 Å². The van der Waals surface area contributed by atoms with Gasteiger partial charge in [-0.2, -0.15) is 5.01 Å². The maximum absolute atomic E-state index is 12.3. The smallest absolute Gasteiger partial charge is 0.431 e. The number of nitrogens with two attached hydrogens (primary N) is 1. The molecule has 1 unspecified atom stereocenters. The van der Waals surface area contributed by atoms with Crippen LogP contribution in [-0.2, 0) is 9.53 Å². The normalized spacial score (nSPS) is 17.5. The first-order valence-corrected chi connectivity index (χ1v) is 7.71. The lowest BCUT2D eigenvalue weighted by atomic mass is 10.1.